The monoisotopic (exact) mass is 309 g/mol. The second kappa shape index (κ2) is 6.07. The highest BCUT2D eigenvalue weighted by atomic mass is 19.4. The van der Waals surface area contributed by atoms with E-state index in [-0.39, 0.29) is 25.9 Å². The van der Waals surface area contributed by atoms with Gasteiger partial charge in [-0.2, -0.15) is 26.3 Å². The number of alkyl halides is 6. The Kier molecular flexibility index (Phi) is 5.31. The molecule has 0 bridgehead atoms. The fourth-order valence-corrected chi connectivity index (χ4v) is 2.46. The van der Waals surface area contributed by atoms with Crippen molar-refractivity contribution in [3.63, 3.8) is 0 Å². The Morgan fingerprint density at radius 3 is 2.20 bits per heavy atom. The molecule has 20 heavy (non-hydrogen) atoms. The molecule has 0 aromatic heterocycles. The van der Waals surface area contributed by atoms with Crippen LogP contribution in [0.3, 0.4) is 0 Å². The second-order valence-electron chi connectivity index (χ2n) is 4.93. The van der Waals surface area contributed by atoms with Gasteiger partial charge < -0.3 is 15.2 Å². The van der Waals surface area contributed by atoms with Crippen LogP contribution in [-0.4, -0.2) is 48.4 Å². The second-order valence-corrected chi connectivity index (χ2v) is 4.93. The lowest BCUT2D eigenvalue weighted by molar-refractivity contribution is -0.330. The molecule has 0 amide bonds. The van der Waals surface area contributed by atoms with Gasteiger partial charge in [0.1, 0.15) is 0 Å². The quantitative estimate of drug-likeness (QED) is 0.766. The summed E-state index contributed by atoms with van der Waals surface area (Å²) in [6, 6.07) is 0. The summed E-state index contributed by atoms with van der Waals surface area (Å²) in [4.78, 5) is 0. The largest absolute Gasteiger partial charge is 0.423 e. The number of hydrogen-bond acceptors (Lipinski definition) is 3. The van der Waals surface area contributed by atoms with Gasteiger partial charge in [0.05, 0.1) is 12.7 Å². The van der Waals surface area contributed by atoms with Crippen LogP contribution in [0.25, 0.3) is 0 Å². The number of aliphatic hydroxyl groups excluding tert-OH is 1. The first-order chi connectivity index (χ1) is 9.04. The van der Waals surface area contributed by atoms with Crippen molar-refractivity contribution in [2.24, 2.45) is 0 Å². The van der Waals surface area contributed by atoms with Crippen LogP contribution in [0.5, 0.6) is 0 Å². The maximum absolute atomic E-state index is 12.4. The summed E-state index contributed by atoms with van der Waals surface area (Å²) < 4.78 is 78.5. The highest BCUT2D eigenvalue weighted by Gasteiger charge is 2.59. The van der Waals surface area contributed by atoms with Crippen LogP contribution in [0, 0.1) is 0 Å². The van der Waals surface area contributed by atoms with Crippen molar-refractivity contribution in [1.82, 2.24) is 5.32 Å². The Hall–Kier alpha value is -0.540. The number of aliphatic hydroxyl groups is 1. The third-order valence-electron chi connectivity index (χ3n) is 3.34. The maximum Gasteiger partial charge on any atom is 0.423 e. The number of ether oxygens (including phenoxy) is 1. The summed E-state index contributed by atoms with van der Waals surface area (Å²) in [6.07, 6.45) is -15.7. The first-order valence-electron chi connectivity index (χ1n) is 6.19. The van der Waals surface area contributed by atoms with Gasteiger partial charge in [-0.1, -0.05) is 6.92 Å². The van der Waals surface area contributed by atoms with Crippen molar-refractivity contribution in [1.29, 1.82) is 0 Å². The highest BCUT2D eigenvalue weighted by Crippen LogP contribution is 2.40. The van der Waals surface area contributed by atoms with Crippen molar-refractivity contribution in [3.05, 3.63) is 0 Å². The number of hydrogen-bond donors (Lipinski definition) is 2. The summed E-state index contributed by atoms with van der Waals surface area (Å²) in [5, 5.41) is 12.2. The van der Waals surface area contributed by atoms with E-state index in [1.807, 2.05) is 0 Å². The number of rotatable bonds is 5. The first kappa shape index (κ1) is 17.5. The van der Waals surface area contributed by atoms with Gasteiger partial charge in [0.25, 0.3) is 0 Å². The van der Waals surface area contributed by atoms with Crippen LogP contribution >= 0.6 is 0 Å². The molecule has 0 aromatic carbocycles. The van der Waals surface area contributed by atoms with E-state index in [0.717, 1.165) is 0 Å². The van der Waals surface area contributed by atoms with Crippen LogP contribution in [0.1, 0.15) is 26.2 Å². The smallest absolute Gasteiger partial charge is 0.394 e. The zero-order chi connectivity index (χ0) is 15.6. The van der Waals surface area contributed by atoms with Crippen LogP contribution < -0.4 is 5.32 Å². The maximum atomic E-state index is 12.4. The molecule has 1 aliphatic rings. The zero-order valence-electron chi connectivity index (χ0n) is 10.8. The van der Waals surface area contributed by atoms with Crippen LogP contribution in [0.4, 0.5) is 26.3 Å². The molecule has 1 fully saturated rings. The lowest BCUT2D eigenvalue weighted by atomic mass is 9.99. The molecule has 3 nitrogen and oxygen atoms in total. The van der Waals surface area contributed by atoms with Crippen molar-refractivity contribution >= 4 is 0 Å². The molecule has 0 heterocycles. The van der Waals surface area contributed by atoms with Crippen molar-refractivity contribution < 1.29 is 36.2 Å². The molecule has 0 aliphatic heterocycles. The highest BCUT2D eigenvalue weighted by molar-refractivity contribution is 4.97. The summed E-state index contributed by atoms with van der Waals surface area (Å²) in [7, 11) is 0. The molecule has 1 saturated carbocycles. The van der Waals surface area contributed by atoms with E-state index >= 15 is 0 Å². The summed E-state index contributed by atoms with van der Waals surface area (Å²) in [5.74, 6) is 0. The van der Waals surface area contributed by atoms with Gasteiger partial charge in [-0.05, 0) is 25.8 Å². The van der Waals surface area contributed by atoms with Crippen molar-refractivity contribution in [2.75, 3.05) is 13.2 Å². The summed E-state index contributed by atoms with van der Waals surface area (Å²) in [5.41, 5.74) is -0.860. The predicted octanol–water partition coefficient (Wildman–Crippen LogP) is 2.39. The van der Waals surface area contributed by atoms with Gasteiger partial charge in [0.15, 0.2) is 0 Å². The number of halogens is 6. The Bertz CT molecular complexity index is 305. The van der Waals surface area contributed by atoms with E-state index in [2.05, 4.69) is 10.1 Å². The molecule has 0 aromatic rings. The predicted molar refractivity (Wildman–Crippen MR) is 58.1 cm³/mol. The van der Waals surface area contributed by atoms with Gasteiger partial charge in [-0.15, -0.1) is 0 Å². The Labute approximate surface area is 112 Å². The molecule has 120 valence electrons. The molecule has 2 atom stereocenters. The van der Waals surface area contributed by atoms with E-state index in [0.29, 0.717) is 6.54 Å². The first-order valence-corrected chi connectivity index (χ1v) is 6.19. The average molecular weight is 309 g/mol. The van der Waals surface area contributed by atoms with Crippen LogP contribution in [0.15, 0.2) is 0 Å². The van der Waals surface area contributed by atoms with Gasteiger partial charge in [0, 0.05) is 5.54 Å². The molecule has 0 radical (unpaired) electrons. The summed E-state index contributed by atoms with van der Waals surface area (Å²) >= 11 is 0. The molecule has 1 rings (SSSR count). The van der Waals surface area contributed by atoms with E-state index in [1.165, 1.54) is 0 Å². The topological polar surface area (TPSA) is 41.5 Å². The number of nitrogens with one attached hydrogen (secondary N) is 1. The minimum atomic E-state index is -5.50. The Morgan fingerprint density at radius 2 is 1.80 bits per heavy atom. The van der Waals surface area contributed by atoms with Crippen LogP contribution in [-0.2, 0) is 4.74 Å². The van der Waals surface area contributed by atoms with Gasteiger partial charge in [-0.3, -0.25) is 0 Å². The van der Waals surface area contributed by atoms with E-state index < -0.39 is 30.1 Å². The van der Waals surface area contributed by atoms with Crippen molar-refractivity contribution in [3.8, 4) is 0 Å². The Morgan fingerprint density at radius 1 is 1.25 bits per heavy atom. The average Bonchev–Trinajstić information content (AvgIpc) is 2.68. The molecular weight excluding hydrogens is 292 g/mol. The molecule has 2 unspecified atom stereocenters. The number of likely N-dealkylation sites (N-methyl/N-ethyl adjacent to an activating group) is 1. The van der Waals surface area contributed by atoms with E-state index in [9.17, 15) is 31.4 Å². The lowest BCUT2D eigenvalue weighted by Crippen LogP contribution is -2.49. The van der Waals surface area contributed by atoms with E-state index in [1.54, 1.807) is 6.92 Å². The SMILES string of the molecule is CCNC1(CO)CCC(OC(C(F)(F)F)C(F)(F)F)C1. The molecule has 0 saturated heterocycles. The Balaban J connectivity index is 2.73. The molecule has 2 N–H and O–H groups in total. The minimum absolute atomic E-state index is 0.0379. The van der Waals surface area contributed by atoms with Gasteiger partial charge in [0.2, 0.25) is 6.10 Å². The molecule has 1 aliphatic carbocycles. The molecular formula is C11H17F6NO2. The van der Waals surface area contributed by atoms with Gasteiger partial charge >= 0.3 is 12.4 Å². The van der Waals surface area contributed by atoms with E-state index in [4.69, 9.17) is 0 Å². The zero-order valence-corrected chi connectivity index (χ0v) is 10.8. The molecule has 0 spiro atoms. The summed E-state index contributed by atoms with van der Waals surface area (Å²) in [6.45, 7) is 1.83. The minimum Gasteiger partial charge on any atom is -0.394 e. The molecule has 9 heteroatoms. The lowest BCUT2D eigenvalue weighted by Gasteiger charge is -2.29. The fourth-order valence-electron chi connectivity index (χ4n) is 2.46. The van der Waals surface area contributed by atoms with Gasteiger partial charge in [-0.25, -0.2) is 0 Å². The normalized spacial score (nSPS) is 28.4. The third-order valence-corrected chi connectivity index (χ3v) is 3.34. The van der Waals surface area contributed by atoms with Crippen molar-refractivity contribution in [2.45, 2.75) is 56.3 Å². The van der Waals surface area contributed by atoms with Crippen LogP contribution in [0.2, 0.25) is 0 Å². The third kappa shape index (κ3) is 4.23. The standard InChI is InChI=1S/C11H17F6NO2/c1-2-18-9(6-19)4-3-7(5-9)20-8(10(12,13)14)11(15,16)17/h7-8,18-19H,2-6H2,1H3. The fraction of sp³-hybridized carbons (Fsp3) is 1.00.